The summed E-state index contributed by atoms with van der Waals surface area (Å²) >= 11 is 0. The van der Waals surface area contributed by atoms with Gasteiger partial charge < -0.3 is 0 Å². The number of hydrogen-bond acceptors (Lipinski definition) is 1. The van der Waals surface area contributed by atoms with Gasteiger partial charge in [-0.3, -0.25) is 0 Å². The van der Waals surface area contributed by atoms with E-state index in [2.05, 4.69) is 24.3 Å². The van der Waals surface area contributed by atoms with Gasteiger partial charge >= 0.3 is 0 Å². The monoisotopic (exact) mass is 213 g/mol. The molecule has 2 heteroatoms. The van der Waals surface area contributed by atoms with Crippen molar-refractivity contribution in [2.45, 2.75) is 12.8 Å². The Morgan fingerprint density at radius 2 is 1.77 bits per heavy atom. The van der Waals surface area contributed by atoms with E-state index in [1.807, 2.05) is 24.3 Å². The van der Waals surface area contributed by atoms with Crippen LogP contribution in [0.5, 0.6) is 0 Å². The normalized spacial score (nSPS) is 15.5. The first-order valence-corrected chi connectivity index (χ1v) is 4.02. The summed E-state index contributed by atoms with van der Waals surface area (Å²) in [5.41, 5.74) is 0.792. The van der Waals surface area contributed by atoms with Crippen LogP contribution in [0.3, 0.4) is 0 Å². The van der Waals surface area contributed by atoms with E-state index < -0.39 is 0 Å². The van der Waals surface area contributed by atoms with Crippen LogP contribution in [0.2, 0.25) is 0 Å². The number of allylic oxidation sites excluding steroid dienone is 8. The maximum Gasteiger partial charge on any atom is 0.0988 e. The zero-order valence-corrected chi connectivity index (χ0v) is 8.36. The molecule has 1 nitrogen and oxygen atoms in total. The molecule has 0 fully saturated rings. The van der Waals surface area contributed by atoms with Crippen molar-refractivity contribution < 1.29 is 17.1 Å². The first kappa shape index (κ1) is 12.0. The molecule has 0 amide bonds. The SMILES string of the molecule is C1=CCC=C1.N#CC1=CCC=C1.[Fe]. The van der Waals surface area contributed by atoms with Crippen molar-refractivity contribution in [2.75, 3.05) is 0 Å². The van der Waals surface area contributed by atoms with E-state index in [1.165, 1.54) is 0 Å². The van der Waals surface area contributed by atoms with Crippen LogP contribution < -0.4 is 0 Å². The summed E-state index contributed by atoms with van der Waals surface area (Å²) in [6.45, 7) is 0. The van der Waals surface area contributed by atoms with Gasteiger partial charge in [0.15, 0.2) is 0 Å². The minimum atomic E-state index is 0. The zero-order chi connectivity index (χ0) is 8.65. The predicted octanol–water partition coefficient (Wildman–Crippen LogP) is 2.90. The maximum atomic E-state index is 8.20. The fourth-order valence-corrected chi connectivity index (χ4v) is 0.934. The van der Waals surface area contributed by atoms with Gasteiger partial charge in [-0.05, 0) is 18.9 Å². The van der Waals surface area contributed by atoms with Crippen LogP contribution >= 0.6 is 0 Å². The van der Waals surface area contributed by atoms with Gasteiger partial charge in [0.1, 0.15) is 0 Å². The molecule has 0 saturated heterocycles. The Morgan fingerprint density at radius 1 is 1.08 bits per heavy atom. The van der Waals surface area contributed by atoms with Crippen LogP contribution in [0.25, 0.3) is 0 Å². The van der Waals surface area contributed by atoms with Crippen LogP contribution in [0.15, 0.2) is 48.1 Å². The average molecular weight is 213 g/mol. The minimum Gasteiger partial charge on any atom is -0.192 e. The van der Waals surface area contributed by atoms with Crippen LogP contribution in [-0.2, 0) is 17.1 Å². The van der Waals surface area contributed by atoms with E-state index in [4.69, 9.17) is 5.26 Å². The molecule has 0 atom stereocenters. The standard InChI is InChI=1S/C6H5N.C5H6.Fe/c7-5-6-3-1-2-4-6;1-2-4-5-3-1;/h1,3-4H,2H2;1-4H,5H2;. The molecule has 2 aliphatic carbocycles. The van der Waals surface area contributed by atoms with Gasteiger partial charge in [0.25, 0.3) is 0 Å². The van der Waals surface area contributed by atoms with Crippen LogP contribution in [0.1, 0.15) is 12.8 Å². The number of nitrogens with zero attached hydrogens (tertiary/aromatic N) is 1. The molecule has 0 saturated carbocycles. The third kappa shape index (κ3) is 5.25. The van der Waals surface area contributed by atoms with Gasteiger partial charge in [-0.1, -0.05) is 36.5 Å². The largest absolute Gasteiger partial charge is 0.192 e. The fourth-order valence-electron chi connectivity index (χ4n) is 0.934. The third-order valence-corrected chi connectivity index (χ3v) is 1.56. The molecule has 0 aliphatic heterocycles. The molecular formula is C11H11FeN. The molecule has 0 radical (unpaired) electrons. The van der Waals surface area contributed by atoms with E-state index in [-0.39, 0.29) is 17.1 Å². The molecule has 0 bridgehead atoms. The van der Waals surface area contributed by atoms with Gasteiger partial charge in [-0.25, -0.2) is 0 Å². The number of rotatable bonds is 0. The summed E-state index contributed by atoms with van der Waals surface area (Å²) < 4.78 is 0. The molecule has 0 aromatic rings. The molecule has 68 valence electrons. The van der Waals surface area contributed by atoms with Crippen LogP contribution in [0.4, 0.5) is 0 Å². The minimum absolute atomic E-state index is 0. The molecule has 0 spiro atoms. The van der Waals surface area contributed by atoms with Crippen molar-refractivity contribution in [3.05, 3.63) is 48.1 Å². The van der Waals surface area contributed by atoms with Crippen LogP contribution in [-0.4, -0.2) is 0 Å². The molecule has 0 unspecified atom stereocenters. The molecule has 0 N–H and O–H groups in total. The van der Waals surface area contributed by atoms with Crippen molar-refractivity contribution in [3.63, 3.8) is 0 Å². The second-order valence-corrected chi connectivity index (χ2v) is 2.50. The maximum absolute atomic E-state index is 8.20. The van der Waals surface area contributed by atoms with E-state index in [9.17, 15) is 0 Å². The molecule has 0 aromatic heterocycles. The van der Waals surface area contributed by atoms with E-state index in [1.54, 1.807) is 0 Å². The average Bonchev–Trinajstić information content (AvgIpc) is 2.81. The smallest absolute Gasteiger partial charge is 0.0988 e. The number of nitriles is 1. The van der Waals surface area contributed by atoms with Crippen molar-refractivity contribution in [1.82, 2.24) is 0 Å². The van der Waals surface area contributed by atoms with Gasteiger partial charge in [-0.15, -0.1) is 0 Å². The second-order valence-electron chi connectivity index (χ2n) is 2.50. The quantitative estimate of drug-likeness (QED) is 0.567. The molecule has 13 heavy (non-hydrogen) atoms. The summed E-state index contributed by atoms with van der Waals surface area (Å²) in [4.78, 5) is 0. The zero-order valence-electron chi connectivity index (χ0n) is 7.26. The molecular weight excluding hydrogens is 202 g/mol. The first-order valence-electron chi connectivity index (χ1n) is 4.02. The third-order valence-electron chi connectivity index (χ3n) is 1.56. The van der Waals surface area contributed by atoms with Crippen molar-refractivity contribution in [1.29, 1.82) is 5.26 Å². The Kier molecular flexibility index (Phi) is 7.01. The summed E-state index contributed by atoms with van der Waals surface area (Å²) in [6.07, 6.45) is 16.1. The summed E-state index contributed by atoms with van der Waals surface area (Å²) in [5, 5.41) is 8.20. The Bertz CT molecular complexity index is 280. The van der Waals surface area contributed by atoms with Gasteiger partial charge in [-0.2, -0.15) is 5.26 Å². The Morgan fingerprint density at radius 3 is 2.00 bits per heavy atom. The van der Waals surface area contributed by atoms with Crippen molar-refractivity contribution in [2.24, 2.45) is 0 Å². The summed E-state index contributed by atoms with van der Waals surface area (Å²) in [5.74, 6) is 0. The first-order chi connectivity index (χ1) is 5.93. The Balaban J connectivity index is 0.000000215. The van der Waals surface area contributed by atoms with E-state index in [0.29, 0.717) is 0 Å². The van der Waals surface area contributed by atoms with E-state index in [0.717, 1.165) is 18.4 Å². The van der Waals surface area contributed by atoms with E-state index >= 15 is 0 Å². The number of hydrogen-bond donors (Lipinski definition) is 0. The topological polar surface area (TPSA) is 23.8 Å². The van der Waals surface area contributed by atoms with Crippen molar-refractivity contribution >= 4 is 0 Å². The summed E-state index contributed by atoms with van der Waals surface area (Å²) in [7, 11) is 0. The molecule has 0 aromatic carbocycles. The molecule has 0 heterocycles. The van der Waals surface area contributed by atoms with Gasteiger partial charge in [0.2, 0.25) is 0 Å². The fraction of sp³-hybridized carbons (Fsp3) is 0.182. The van der Waals surface area contributed by atoms with Gasteiger partial charge in [0.05, 0.1) is 6.07 Å². The Labute approximate surface area is 89.6 Å². The second kappa shape index (κ2) is 7.61. The van der Waals surface area contributed by atoms with Gasteiger partial charge in [0, 0.05) is 22.6 Å². The molecule has 2 rings (SSSR count). The van der Waals surface area contributed by atoms with Crippen LogP contribution in [0, 0.1) is 11.3 Å². The predicted molar refractivity (Wildman–Crippen MR) is 50.4 cm³/mol. The Hall–Kier alpha value is -1.03. The summed E-state index contributed by atoms with van der Waals surface area (Å²) in [6, 6.07) is 2.04. The van der Waals surface area contributed by atoms with Crippen molar-refractivity contribution in [3.8, 4) is 6.07 Å². The molecule has 2 aliphatic rings.